The third-order valence-corrected chi connectivity index (χ3v) is 1.28. The third-order valence-electron chi connectivity index (χ3n) is 1.28. The Bertz CT molecular complexity index is 288. The Morgan fingerprint density at radius 2 is 2.50 bits per heavy atom. The maximum Gasteiger partial charge on any atom is 0.426 e. The summed E-state index contributed by atoms with van der Waals surface area (Å²) in [5.41, 5.74) is 2.49. The number of rotatable bonds is 1. The van der Waals surface area contributed by atoms with Crippen LogP contribution >= 0.6 is 0 Å². The molecule has 1 amide bonds. The Kier molecular flexibility index (Phi) is 2.60. The molecule has 1 rings (SSSR count). The first kappa shape index (κ1) is 8.48. The van der Waals surface area contributed by atoms with E-state index in [4.69, 9.17) is 10.6 Å². The summed E-state index contributed by atoms with van der Waals surface area (Å²) in [7, 11) is 0. The van der Waals surface area contributed by atoms with Crippen molar-refractivity contribution in [1.82, 2.24) is 10.4 Å². The highest BCUT2D eigenvalue weighted by Crippen LogP contribution is 2.12. The number of aromatic nitrogens is 1. The molecule has 12 heavy (non-hydrogen) atoms. The summed E-state index contributed by atoms with van der Waals surface area (Å²) in [6, 6.07) is 3.31. The minimum Gasteiger partial charge on any atom is -0.407 e. The lowest BCUT2D eigenvalue weighted by Crippen LogP contribution is -2.33. The van der Waals surface area contributed by atoms with E-state index in [1.165, 1.54) is 0 Å². The van der Waals surface area contributed by atoms with Gasteiger partial charge in [-0.1, -0.05) is 0 Å². The summed E-state index contributed by atoms with van der Waals surface area (Å²) < 4.78 is 4.76. The number of hydrogen-bond donors (Lipinski definition) is 2. The van der Waals surface area contributed by atoms with Gasteiger partial charge in [0.25, 0.3) is 0 Å². The van der Waals surface area contributed by atoms with Gasteiger partial charge in [0.05, 0.1) is 5.69 Å². The topological polar surface area (TPSA) is 77.2 Å². The quantitative estimate of drug-likeness (QED) is 0.359. The summed E-state index contributed by atoms with van der Waals surface area (Å²) in [6.45, 7) is 1.74. The molecule has 0 bridgehead atoms. The van der Waals surface area contributed by atoms with Gasteiger partial charge in [0.2, 0.25) is 0 Å². The highest BCUT2D eigenvalue weighted by Gasteiger charge is 2.03. The molecule has 0 atom stereocenters. The fraction of sp³-hybridized carbons (Fsp3) is 0.143. The van der Waals surface area contributed by atoms with Crippen LogP contribution in [0.15, 0.2) is 18.3 Å². The monoisotopic (exact) mass is 167 g/mol. The summed E-state index contributed by atoms with van der Waals surface area (Å²) in [6.07, 6.45) is 0.911. The number of aryl methyl sites for hydroxylation is 1. The van der Waals surface area contributed by atoms with E-state index >= 15 is 0 Å². The SMILES string of the molecule is Cc1ncccc1OC(=O)NN. The molecule has 0 aliphatic rings. The van der Waals surface area contributed by atoms with Crippen molar-refractivity contribution in [1.29, 1.82) is 0 Å². The van der Waals surface area contributed by atoms with E-state index in [0.717, 1.165) is 0 Å². The molecule has 1 aromatic rings. The number of carbonyl (C=O) groups is 1. The van der Waals surface area contributed by atoms with Crippen LogP contribution in [0.25, 0.3) is 0 Å². The number of amides is 1. The number of nitrogens with one attached hydrogen (secondary N) is 1. The molecule has 3 N–H and O–H groups in total. The van der Waals surface area contributed by atoms with Crippen molar-refractivity contribution in [3.63, 3.8) is 0 Å². The van der Waals surface area contributed by atoms with Crippen molar-refractivity contribution in [2.24, 2.45) is 5.84 Å². The molecule has 64 valence electrons. The molecule has 0 saturated carbocycles. The van der Waals surface area contributed by atoms with E-state index in [0.29, 0.717) is 11.4 Å². The van der Waals surface area contributed by atoms with Crippen LogP contribution in [0.3, 0.4) is 0 Å². The number of hydrazine groups is 1. The number of hydrogen-bond acceptors (Lipinski definition) is 4. The molecule has 0 fully saturated rings. The van der Waals surface area contributed by atoms with Gasteiger partial charge in [0, 0.05) is 6.20 Å². The van der Waals surface area contributed by atoms with Gasteiger partial charge >= 0.3 is 6.09 Å². The molecule has 5 nitrogen and oxygen atoms in total. The standard InChI is InChI=1S/C7H9N3O2/c1-5-6(3-2-4-9-5)12-7(11)10-8/h2-4H,8H2,1H3,(H,10,11). The molecule has 0 aliphatic heterocycles. The van der Waals surface area contributed by atoms with E-state index in [-0.39, 0.29) is 0 Å². The maximum atomic E-state index is 10.6. The Balaban J connectivity index is 2.75. The van der Waals surface area contributed by atoms with Gasteiger partial charge in [-0.15, -0.1) is 0 Å². The average molecular weight is 167 g/mol. The maximum absolute atomic E-state index is 10.6. The van der Waals surface area contributed by atoms with Crippen molar-refractivity contribution in [2.75, 3.05) is 0 Å². The van der Waals surface area contributed by atoms with Crippen LogP contribution in [0.1, 0.15) is 5.69 Å². The van der Waals surface area contributed by atoms with Crippen molar-refractivity contribution >= 4 is 6.09 Å². The summed E-state index contributed by atoms with van der Waals surface area (Å²) in [5, 5.41) is 0. The van der Waals surface area contributed by atoms with Crippen LogP contribution in [0, 0.1) is 6.92 Å². The zero-order valence-electron chi connectivity index (χ0n) is 6.57. The molecule has 0 spiro atoms. The Hall–Kier alpha value is -1.62. The van der Waals surface area contributed by atoms with Crippen LogP contribution in [0.2, 0.25) is 0 Å². The zero-order chi connectivity index (χ0) is 8.97. The normalized spacial score (nSPS) is 9.17. The Morgan fingerprint density at radius 1 is 1.75 bits per heavy atom. The Labute approximate surface area is 69.5 Å². The fourth-order valence-electron chi connectivity index (χ4n) is 0.707. The predicted molar refractivity (Wildman–Crippen MR) is 42.3 cm³/mol. The second kappa shape index (κ2) is 3.68. The minimum atomic E-state index is -0.703. The van der Waals surface area contributed by atoms with Crippen LogP contribution in [-0.4, -0.2) is 11.1 Å². The molecule has 0 saturated heterocycles. The van der Waals surface area contributed by atoms with E-state index < -0.39 is 6.09 Å². The lowest BCUT2D eigenvalue weighted by Gasteiger charge is -2.03. The van der Waals surface area contributed by atoms with Gasteiger partial charge in [0.1, 0.15) is 0 Å². The van der Waals surface area contributed by atoms with E-state index in [9.17, 15) is 4.79 Å². The number of ether oxygens (including phenoxy) is 1. The van der Waals surface area contributed by atoms with Gasteiger partial charge in [-0.25, -0.2) is 10.6 Å². The van der Waals surface area contributed by atoms with Crippen molar-refractivity contribution in [3.8, 4) is 5.75 Å². The fourth-order valence-corrected chi connectivity index (χ4v) is 0.707. The summed E-state index contributed by atoms with van der Waals surface area (Å²) in [4.78, 5) is 14.6. The molecule has 0 unspecified atom stereocenters. The van der Waals surface area contributed by atoms with Gasteiger partial charge < -0.3 is 4.74 Å². The number of nitrogens with two attached hydrogens (primary N) is 1. The molecule has 0 aliphatic carbocycles. The van der Waals surface area contributed by atoms with Crippen LogP contribution in [0.4, 0.5) is 4.79 Å². The summed E-state index contributed by atoms with van der Waals surface area (Å²) in [5.74, 6) is 5.23. The Morgan fingerprint density at radius 3 is 3.08 bits per heavy atom. The van der Waals surface area contributed by atoms with Crippen molar-refractivity contribution in [3.05, 3.63) is 24.0 Å². The lowest BCUT2D eigenvalue weighted by atomic mass is 10.3. The first-order chi connectivity index (χ1) is 5.74. The molecule has 0 radical (unpaired) electrons. The van der Waals surface area contributed by atoms with E-state index in [1.807, 2.05) is 5.43 Å². The third kappa shape index (κ3) is 1.93. The van der Waals surface area contributed by atoms with Crippen LogP contribution in [0.5, 0.6) is 5.75 Å². The molecule has 0 aromatic carbocycles. The average Bonchev–Trinajstić information content (AvgIpc) is 2.09. The number of pyridine rings is 1. The molecule has 1 aromatic heterocycles. The zero-order valence-corrected chi connectivity index (χ0v) is 6.57. The largest absolute Gasteiger partial charge is 0.426 e. The first-order valence-corrected chi connectivity index (χ1v) is 3.34. The van der Waals surface area contributed by atoms with E-state index in [1.54, 1.807) is 25.3 Å². The van der Waals surface area contributed by atoms with Crippen molar-refractivity contribution < 1.29 is 9.53 Å². The van der Waals surface area contributed by atoms with Crippen molar-refractivity contribution in [2.45, 2.75) is 6.92 Å². The van der Waals surface area contributed by atoms with Gasteiger partial charge in [-0.3, -0.25) is 10.4 Å². The highest BCUT2D eigenvalue weighted by atomic mass is 16.6. The van der Waals surface area contributed by atoms with Gasteiger partial charge in [-0.2, -0.15) is 0 Å². The highest BCUT2D eigenvalue weighted by molar-refractivity contribution is 5.69. The first-order valence-electron chi connectivity index (χ1n) is 3.34. The van der Waals surface area contributed by atoms with E-state index in [2.05, 4.69) is 4.98 Å². The van der Waals surface area contributed by atoms with Gasteiger partial charge in [-0.05, 0) is 19.1 Å². The van der Waals surface area contributed by atoms with Crippen LogP contribution < -0.4 is 16.0 Å². The molecular formula is C7H9N3O2. The van der Waals surface area contributed by atoms with Crippen LogP contribution in [-0.2, 0) is 0 Å². The second-order valence-electron chi connectivity index (χ2n) is 2.12. The molecule has 5 heteroatoms. The second-order valence-corrected chi connectivity index (χ2v) is 2.12. The van der Waals surface area contributed by atoms with Gasteiger partial charge in [0.15, 0.2) is 5.75 Å². The number of nitrogens with zero attached hydrogens (tertiary/aromatic N) is 1. The molecular weight excluding hydrogens is 158 g/mol. The smallest absolute Gasteiger partial charge is 0.407 e. The summed E-state index contributed by atoms with van der Waals surface area (Å²) >= 11 is 0. The minimum absolute atomic E-state index is 0.403. The lowest BCUT2D eigenvalue weighted by molar-refractivity contribution is 0.200. The predicted octanol–water partition coefficient (Wildman–Crippen LogP) is 0.352. The molecule has 1 heterocycles. The number of carbonyl (C=O) groups excluding carboxylic acids is 1.